The third-order valence-corrected chi connectivity index (χ3v) is 5.73. The van der Waals surface area contributed by atoms with Crippen LogP contribution in [0.3, 0.4) is 0 Å². The summed E-state index contributed by atoms with van der Waals surface area (Å²) in [5.74, 6) is 0.673. The molecule has 0 amide bonds. The molecule has 2 aromatic carbocycles. The molecule has 6 nitrogen and oxygen atoms in total. The first kappa shape index (κ1) is 17.8. The fraction of sp³-hybridized carbons (Fsp3) is 0.261. The number of phenolic OH excluding ortho intramolecular Hbond substituents is 1. The Morgan fingerprint density at radius 3 is 2.52 bits per heavy atom. The Kier molecular flexibility index (Phi) is 4.28. The molecule has 0 radical (unpaired) electrons. The van der Waals surface area contributed by atoms with Crippen LogP contribution in [0, 0.1) is 0 Å². The molecule has 0 atom stereocenters. The number of phenols is 1. The predicted octanol–water partition coefficient (Wildman–Crippen LogP) is 3.82. The lowest BCUT2D eigenvalue weighted by molar-refractivity contribution is 0.154. The first-order chi connectivity index (χ1) is 14.1. The van der Waals surface area contributed by atoms with Gasteiger partial charge in [0, 0.05) is 43.2 Å². The van der Waals surface area contributed by atoms with Crippen LogP contribution in [0.1, 0.15) is 18.5 Å². The van der Waals surface area contributed by atoms with Crippen molar-refractivity contribution in [1.29, 1.82) is 0 Å². The van der Waals surface area contributed by atoms with E-state index >= 15 is 0 Å². The van der Waals surface area contributed by atoms with E-state index in [1.165, 1.54) is 0 Å². The van der Waals surface area contributed by atoms with Crippen LogP contribution in [0.15, 0.2) is 54.7 Å². The summed E-state index contributed by atoms with van der Waals surface area (Å²) in [7, 11) is 1.91. The van der Waals surface area contributed by atoms with E-state index in [4.69, 9.17) is 0 Å². The Labute approximate surface area is 169 Å². The van der Waals surface area contributed by atoms with Crippen LogP contribution in [0.4, 0.5) is 0 Å². The number of hydrogen-bond donors (Lipinski definition) is 1. The molecule has 1 saturated heterocycles. The van der Waals surface area contributed by atoms with E-state index in [2.05, 4.69) is 33.2 Å². The van der Waals surface area contributed by atoms with Gasteiger partial charge < -0.3 is 10.0 Å². The van der Waals surface area contributed by atoms with Gasteiger partial charge in [-0.3, -0.25) is 4.68 Å². The maximum atomic E-state index is 10.6. The van der Waals surface area contributed by atoms with Gasteiger partial charge in [0.25, 0.3) is 0 Å². The van der Waals surface area contributed by atoms with E-state index in [-0.39, 0.29) is 5.75 Å². The van der Waals surface area contributed by atoms with Crippen molar-refractivity contribution in [3.05, 3.63) is 60.4 Å². The normalized spacial score (nSPS) is 15.0. The molecule has 5 rings (SSSR count). The topological polar surface area (TPSA) is 67.1 Å². The van der Waals surface area contributed by atoms with Crippen molar-refractivity contribution in [2.45, 2.75) is 12.8 Å². The molecule has 1 aliphatic rings. The molecule has 1 aliphatic heterocycles. The first-order valence-corrected chi connectivity index (χ1v) is 9.94. The molecule has 3 heterocycles. The van der Waals surface area contributed by atoms with Crippen molar-refractivity contribution in [3.8, 4) is 28.1 Å². The van der Waals surface area contributed by atoms with Gasteiger partial charge in [-0.25, -0.2) is 0 Å². The molecule has 1 N–H and O–H groups in total. The fourth-order valence-corrected chi connectivity index (χ4v) is 3.98. The van der Waals surface area contributed by atoms with E-state index in [9.17, 15) is 5.11 Å². The number of likely N-dealkylation sites (N-methyl/N-ethyl adjacent to an activating group) is 1. The van der Waals surface area contributed by atoms with Crippen molar-refractivity contribution in [2.24, 2.45) is 7.05 Å². The summed E-state index contributed by atoms with van der Waals surface area (Å²) in [5.41, 5.74) is 5.36. The highest BCUT2D eigenvalue weighted by atomic mass is 16.3. The van der Waals surface area contributed by atoms with Crippen molar-refractivity contribution in [3.63, 3.8) is 0 Å². The zero-order chi connectivity index (χ0) is 20.0. The Morgan fingerprint density at radius 2 is 1.79 bits per heavy atom. The van der Waals surface area contributed by atoms with E-state index in [0.717, 1.165) is 47.4 Å². The molecule has 29 heavy (non-hydrogen) atoms. The Bertz CT molecular complexity index is 1180. The quantitative estimate of drug-likeness (QED) is 0.578. The maximum absolute atomic E-state index is 10.6. The van der Waals surface area contributed by atoms with Crippen molar-refractivity contribution in [2.75, 3.05) is 19.6 Å². The number of benzene rings is 2. The van der Waals surface area contributed by atoms with Gasteiger partial charge in [-0.15, -0.1) is 0 Å². The average molecular weight is 385 g/mol. The number of fused-ring (bicyclic) bond motifs is 1. The molecule has 6 heteroatoms. The molecule has 0 unspecified atom stereocenters. The second-order valence-electron chi connectivity index (χ2n) is 7.70. The summed E-state index contributed by atoms with van der Waals surface area (Å²) in [5, 5.41) is 24.9. The minimum atomic E-state index is 0.205. The van der Waals surface area contributed by atoms with Gasteiger partial charge in [0.1, 0.15) is 5.75 Å². The van der Waals surface area contributed by atoms with Crippen LogP contribution in [-0.2, 0) is 7.05 Å². The zero-order valence-electron chi connectivity index (χ0n) is 16.6. The molecule has 146 valence electrons. The highest BCUT2D eigenvalue weighted by Crippen LogP contribution is 2.34. The molecule has 0 saturated carbocycles. The highest BCUT2D eigenvalue weighted by molar-refractivity contribution is 5.85. The number of nitrogens with zero attached hydrogens (tertiary/aromatic N) is 5. The summed E-state index contributed by atoms with van der Waals surface area (Å²) in [6.07, 6.45) is 1.99. The molecular weight excluding hydrogens is 362 g/mol. The van der Waals surface area contributed by atoms with Crippen molar-refractivity contribution >= 4 is 10.9 Å². The molecular formula is C23H23N5O. The summed E-state index contributed by atoms with van der Waals surface area (Å²) in [6.45, 7) is 5.35. The van der Waals surface area contributed by atoms with E-state index in [1.807, 2.05) is 49.6 Å². The van der Waals surface area contributed by atoms with Crippen molar-refractivity contribution in [1.82, 2.24) is 24.9 Å². The summed E-state index contributed by atoms with van der Waals surface area (Å²) < 4.78 is 1.81. The first-order valence-electron chi connectivity index (χ1n) is 9.94. The average Bonchev–Trinajstić information content (AvgIpc) is 3.07. The third kappa shape index (κ3) is 3.25. The summed E-state index contributed by atoms with van der Waals surface area (Å²) in [4.78, 5) is 2.38. The van der Waals surface area contributed by atoms with Crippen LogP contribution in [0.25, 0.3) is 33.3 Å². The van der Waals surface area contributed by atoms with Gasteiger partial charge in [-0.05, 0) is 54.1 Å². The van der Waals surface area contributed by atoms with Gasteiger partial charge in [0.05, 0.1) is 16.9 Å². The molecule has 0 spiro atoms. The van der Waals surface area contributed by atoms with E-state index in [1.54, 1.807) is 10.7 Å². The number of hydrogen-bond acceptors (Lipinski definition) is 5. The zero-order valence-corrected chi connectivity index (χ0v) is 16.6. The van der Waals surface area contributed by atoms with E-state index in [0.29, 0.717) is 17.2 Å². The lowest BCUT2D eigenvalue weighted by Crippen LogP contribution is -2.44. The second-order valence-corrected chi connectivity index (χ2v) is 7.70. The number of rotatable bonds is 4. The van der Waals surface area contributed by atoms with Crippen LogP contribution in [0.2, 0.25) is 0 Å². The van der Waals surface area contributed by atoms with Crippen LogP contribution in [-0.4, -0.2) is 49.6 Å². The SMILES string of the molecule is CCN1CC(c2ccc(-c3ccc(-c4ccc5nn(C)cc5c4)cc3O)nn2)C1. The number of aromatic nitrogens is 4. The van der Waals surface area contributed by atoms with Gasteiger partial charge in [0.2, 0.25) is 0 Å². The lowest BCUT2D eigenvalue weighted by Gasteiger charge is -2.37. The smallest absolute Gasteiger partial charge is 0.125 e. The van der Waals surface area contributed by atoms with Crippen LogP contribution >= 0.6 is 0 Å². The fourth-order valence-electron chi connectivity index (χ4n) is 3.98. The number of aryl methyl sites for hydroxylation is 1. The number of likely N-dealkylation sites (tertiary alicyclic amines) is 1. The Morgan fingerprint density at radius 1 is 1.00 bits per heavy atom. The van der Waals surface area contributed by atoms with Crippen LogP contribution in [0.5, 0.6) is 5.75 Å². The molecule has 4 aromatic rings. The maximum Gasteiger partial charge on any atom is 0.125 e. The summed E-state index contributed by atoms with van der Waals surface area (Å²) >= 11 is 0. The largest absolute Gasteiger partial charge is 0.507 e. The molecule has 0 aliphatic carbocycles. The monoisotopic (exact) mass is 385 g/mol. The minimum absolute atomic E-state index is 0.205. The van der Waals surface area contributed by atoms with Crippen molar-refractivity contribution < 1.29 is 5.11 Å². The molecule has 2 aromatic heterocycles. The van der Waals surface area contributed by atoms with Gasteiger partial charge in [-0.2, -0.15) is 15.3 Å². The van der Waals surface area contributed by atoms with Gasteiger partial charge in [-0.1, -0.05) is 19.1 Å². The van der Waals surface area contributed by atoms with Crippen LogP contribution < -0.4 is 0 Å². The van der Waals surface area contributed by atoms with E-state index < -0.39 is 0 Å². The van der Waals surface area contributed by atoms with Gasteiger partial charge >= 0.3 is 0 Å². The molecule has 1 fully saturated rings. The highest BCUT2D eigenvalue weighted by Gasteiger charge is 2.28. The Balaban J connectivity index is 1.40. The third-order valence-electron chi connectivity index (χ3n) is 5.73. The minimum Gasteiger partial charge on any atom is -0.507 e. The molecule has 0 bridgehead atoms. The lowest BCUT2D eigenvalue weighted by atomic mass is 9.96. The standard InChI is InChI=1S/C23H23N5O/c1-3-28-13-18(14-28)20-8-9-22(25-24-20)19-6-4-16(11-23(19)29)15-5-7-21-17(10-15)12-27(2)26-21/h4-12,18,29H,3,13-14H2,1-2H3. The summed E-state index contributed by atoms with van der Waals surface area (Å²) in [6, 6.07) is 15.8. The number of aromatic hydroxyl groups is 1. The Hall–Kier alpha value is -3.25. The van der Waals surface area contributed by atoms with Gasteiger partial charge in [0.15, 0.2) is 0 Å². The predicted molar refractivity (Wildman–Crippen MR) is 114 cm³/mol. The second kappa shape index (κ2) is 6.97.